The molecule has 0 aliphatic carbocycles. The fourth-order valence-corrected chi connectivity index (χ4v) is 1.82. The largest absolute Gasteiger partial charge is 0.326 e. The zero-order valence-corrected chi connectivity index (χ0v) is 9.29. The molecule has 16 heavy (non-hydrogen) atoms. The van der Waals surface area contributed by atoms with Crippen molar-refractivity contribution < 1.29 is 0 Å². The molecule has 0 bridgehead atoms. The molecule has 0 saturated carbocycles. The van der Waals surface area contributed by atoms with Gasteiger partial charge in [0.2, 0.25) is 0 Å². The molecule has 0 fully saturated rings. The van der Waals surface area contributed by atoms with Crippen LogP contribution in [0, 0.1) is 24.7 Å². The Balaban J connectivity index is 3.36. The number of hydrogen-bond donors (Lipinski definition) is 2. The summed E-state index contributed by atoms with van der Waals surface area (Å²) < 4.78 is 0. The van der Waals surface area contributed by atoms with Crippen molar-refractivity contribution in [3.8, 4) is 24.7 Å². The predicted molar refractivity (Wildman–Crippen MR) is 67.3 cm³/mol. The Morgan fingerprint density at radius 1 is 0.875 bits per heavy atom. The van der Waals surface area contributed by atoms with Crippen LogP contribution >= 0.6 is 0 Å². The van der Waals surface area contributed by atoms with Crippen molar-refractivity contribution in [2.24, 2.45) is 11.5 Å². The first-order chi connectivity index (χ1) is 7.78. The highest BCUT2D eigenvalue weighted by Crippen LogP contribution is 2.20. The highest BCUT2D eigenvalue weighted by molar-refractivity contribution is 5.44. The van der Waals surface area contributed by atoms with Crippen LogP contribution < -0.4 is 11.5 Å². The molecule has 0 heterocycles. The molecule has 0 radical (unpaired) electrons. The van der Waals surface area contributed by atoms with Crippen molar-refractivity contribution in [2.75, 3.05) is 0 Å². The average molecular weight is 212 g/mol. The number of nitrogens with two attached hydrogens (primary N) is 2. The fraction of sp³-hybridized carbons (Fsp3) is 0.286. The minimum absolute atomic E-state index is 0.472. The molecular formula is C14H16N2. The van der Waals surface area contributed by atoms with E-state index in [1.165, 1.54) is 0 Å². The van der Waals surface area contributed by atoms with Gasteiger partial charge in [-0.2, -0.15) is 0 Å². The van der Waals surface area contributed by atoms with Gasteiger partial charge in [0.25, 0.3) is 0 Å². The first-order valence-electron chi connectivity index (χ1n) is 5.18. The fourth-order valence-electron chi connectivity index (χ4n) is 1.82. The minimum atomic E-state index is 0.472. The van der Waals surface area contributed by atoms with E-state index < -0.39 is 0 Å². The van der Waals surface area contributed by atoms with E-state index in [-0.39, 0.29) is 0 Å². The van der Waals surface area contributed by atoms with Crippen LogP contribution in [0.3, 0.4) is 0 Å². The van der Waals surface area contributed by atoms with E-state index in [1.807, 2.05) is 12.1 Å². The third-order valence-corrected chi connectivity index (χ3v) is 2.62. The first kappa shape index (κ1) is 12.3. The lowest BCUT2D eigenvalue weighted by molar-refractivity contribution is 0.970. The Labute approximate surface area is 97.0 Å². The molecule has 0 unspecified atom stereocenters. The SMILES string of the molecule is C#CCc1c(CN)ccc(CN)c1CC#C. The molecule has 0 spiro atoms. The van der Waals surface area contributed by atoms with E-state index >= 15 is 0 Å². The van der Waals surface area contributed by atoms with Crippen molar-refractivity contribution in [1.82, 2.24) is 0 Å². The lowest BCUT2D eigenvalue weighted by atomic mass is 9.92. The van der Waals surface area contributed by atoms with Crippen LogP contribution in [0.25, 0.3) is 0 Å². The lowest BCUT2D eigenvalue weighted by Gasteiger charge is -2.14. The number of hydrogen-bond acceptors (Lipinski definition) is 2. The second kappa shape index (κ2) is 5.98. The Morgan fingerprint density at radius 3 is 1.50 bits per heavy atom. The van der Waals surface area contributed by atoms with Gasteiger partial charge in [0.1, 0.15) is 0 Å². The molecule has 0 saturated heterocycles. The van der Waals surface area contributed by atoms with Gasteiger partial charge in [-0.05, 0) is 22.3 Å². The highest BCUT2D eigenvalue weighted by Gasteiger charge is 2.10. The van der Waals surface area contributed by atoms with Crippen LogP contribution in [0.2, 0.25) is 0 Å². The highest BCUT2D eigenvalue weighted by atomic mass is 14.5. The summed E-state index contributed by atoms with van der Waals surface area (Å²) in [4.78, 5) is 0. The molecule has 0 aromatic heterocycles. The van der Waals surface area contributed by atoms with Gasteiger partial charge < -0.3 is 11.5 Å². The Morgan fingerprint density at radius 2 is 1.25 bits per heavy atom. The topological polar surface area (TPSA) is 52.0 Å². The van der Waals surface area contributed by atoms with Crippen LogP contribution in [0.15, 0.2) is 12.1 Å². The van der Waals surface area contributed by atoms with E-state index in [9.17, 15) is 0 Å². The Kier molecular flexibility index (Phi) is 4.61. The second-order valence-electron chi connectivity index (χ2n) is 3.51. The molecule has 82 valence electrons. The molecule has 0 aliphatic heterocycles. The molecular weight excluding hydrogens is 196 g/mol. The van der Waals surface area contributed by atoms with Gasteiger partial charge >= 0.3 is 0 Å². The maximum atomic E-state index is 5.69. The zero-order valence-electron chi connectivity index (χ0n) is 9.29. The van der Waals surface area contributed by atoms with Crippen LogP contribution in [0.5, 0.6) is 0 Å². The molecule has 2 heteroatoms. The van der Waals surface area contributed by atoms with E-state index in [2.05, 4.69) is 11.8 Å². The van der Waals surface area contributed by atoms with Crippen LogP contribution in [0.4, 0.5) is 0 Å². The maximum Gasteiger partial charge on any atom is 0.0344 e. The lowest BCUT2D eigenvalue weighted by Crippen LogP contribution is -2.10. The summed E-state index contributed by atoms with van der Waals surface area (Å²) in [5, 5.41) is 0. The third kappa shape index (κ3) is 2.44. The molecule has 4 N–H and O–H groups in total. The summed E-state index contributed by atoms with van der Waals surface area (Å²) in [6.45, 7) is 0.943. The quantitative estimate of drug-likeness (QED) is 0.730. The predicted octanol–water partition coefficient (Wildman–Crippen LogP) is 0.955. The standard InChI is InChI=1S/C14H16N2/c1-3-5-13-11(9-15)7-8-12(10-16)14(13)6-4-2/h1-2,7-8H,5-6,9-10,15-16H2. The van der Waals surface area contributed by atoms with Gasteiger partial charge in [0.15, 0.2) is 0 Å². The van der Waals surface area contributed by atoms with Crippen molar-refractivity contribution in [3.05, 3.63) is 34.4 Å². The van der Waals surface area contributed by atoms with Crippen molar-refractivity contribution in [1.29, 1.82) is 0 Å². The van der Waals surface area contributed by atoms with Gasteiger partial charge in [0.05, 0.1) is 0 Å². The number of terminal acetylenes is 2. The maximum absolute atomic E-state index is 5.69. The molecule has 1 rings (SSSR count). The van der Waals surface area contributed by atoms with E-state index in [1.54, 1.807) is 0 Å². The van der Waals surface area contributed by atoms with Crippen molar-refractivity contribution >= 4 is 0 Å². The van der Waals surface area contributed by atoms with Gasteiger partial charge in [-0.15, -0.1) is 24.7 Å². The van der Waals surface area contributed by atoms with Gasteiger partial charge in [-0.25, -0.2) is 0 Å². The van der Waals surface area contributed by atoms with Crippen LogP contribution in [-0.2, 0) is 25.9 Å². The van der Waals surface area contributed by atoms with Crippen LogP contribution in [-0.4, -0.2) is 0 Å². The molecule has 0 atom stereocenters. The summed E-state index contributed by atoms with van der Waals surface area (Å²) in [5.41, 5.74) is 15.6. The smallest absolute Gasteiger partial charge is 0.0344 e. The second-order valence-corrected chi connectivity index (χ2v) is 3.51. The zero-order chi connectivity index (χ0) is 12.0. The Hall–Kier alpha value is -1.74. The van der Waals surface area contributed by atoms with Gasteiger partial charge in [0, 0.05) is 25.9 Å². The molecule has 0 aliphatic rings. The van der Waals surface area contributed by atoms with Crippen LogP contribution in [0.1, 0.15) is 22.3 Å². The number of benzene rings is 1. The summed E-state index contributed by atoms with van der Waals surface area (Å²) in [5.74, 6) is 5.29. The summed E-state index contributed by atoms with van der Waals surface area (Å²) in [6, 6.07) is 3.96. The third-order valence-electron chi connectivity index (χ3n) is 2.62. The van der Waals surface area contributed by atoms with E-state index in [4.69, 9.17) is 24.3 Å². The molecule has 0 amide bonds. The van der Waals surface area contributed by atoms with E-state index in [0.29, 0.717) is 25.9 Å². The molecule has 1 aromatic carbocycles. The molecule has 2 nitrogen and oxygen atoms in total. The normalized spacial score (nSPS) is 9.50. The summed E-state index contributed by atoms with van der Waals surface area (Å²) in [7, 11) is 0. The monoisotopic (exact) mass is 212 g/mol. The Bertz CT molecular complexity index is 404. The number of rotatable bonds is 4. The first-order valence-corrected chi connectivity index (χ1v) is 5.18. The summed E-state index contributed by atoms with van der Waals surface area (Å²) in [6.07, 6.45) is 11.8. The van der Waals surface area contributed by atoms with E-state index in [0.717, 1.165) is 22.3 Å². The van der Waals surface area contributed by atoms with Gasteiger partial charge in [-0.1, -0.05) is 12.1 Å². The molecule has 1 aromatic rings. The van der Waals surface area contributed by atoms with Crippen molar-refractivity contribution in [3.63, 3.8) is 0 Å². The minimum Gasteiger partial charge on any atom is -0.326 e. The van der Waals surface area contributed by atoms with Crippen molar-refractivity contribution in [2.45, 2.75) is 25.9 Å². The average Bonchev–Trinajstić information content (AvgIpc) is 2.31. The summed E-state index contributed by atoms with van der Waals surface area (Å²) >= 11 is 0. The van der Waals surface area contributed by atoms with Gasteiger partial charge in [-0.3, -0.25) is 0 Å².